The van der Waals surface area contributed by atoms with Gasteiger partial charge in [0.05, 0.1) is 46.3 Å². The molecule has 1 N–H and O–H groups in total. The van der Waals surface area contributed by atoms with Gasteiger partial charge in [-0.3, -0.25) is 23.6 Å². The molecule has 188 valence electrons. The number of fused-ring (bicyclic) bond motifs is 1. The predicted molar refractivity (Wildman–Crippen MR) is 131 cm³/mol. The fourth-order valence-electron chi connectivity index (χ4n) is 4.20. The Bertz CT molecular complexity index is 1700. The molecule has 0 atom stereocenters. The molecular weight excluding hydrogens is 487 g/mol. The summed E-state index contributed by atoms with van der Waals surface area (Å²) in [5, 5.41) is 4.15. The second-order valence-electron chi connectivity index (χ2n) is 9.31. The molecule has 0 spiro atoms. The van der Waals surface area contributed by atoms with E-state index in [-0.39, 0.29) is 28.9 Å². The molecule has 36 heavy (non-hydrogen) atoms. The van der Waals surface area contributed by atoms with Crippen molar-refractivity contribution >= 4 is 20.9 Å². The molecule has 12 heteroatoms. The van der Waals surface area contributed by atoms with Crippen molar-refractivity contribution in [3.8, 4) is 0 Å². The summed E-state index contributed by atoms with van der Waals surface area (Å²) >= 11 is 0. The summed E-state index contributed by atoms with van der Waals surface area (Å²) in [4.78, 5) is 31.2. The molecule has 5 rings (SSSR count). The van der Waals surface area contributed by atoms with Crippen LogP contribution >= 0.6 is 0 Å². The van der Waals surface area contributed by atoms with Gasteiger partial charge in [-0.2, -0.15) is 5.10 Å². The third-order valence-electron chi connectivity index (χ3n) is 6.36. The van der Waals surface area contributed by atoms with Crippen molar-refractivity contribution < 1.29 is 12.8 Å². The van der Waals surface area contributed by atoms with Gasteiger partial charge in [0.1, 0.15) is 6.67 Å². The highest BCUT2D eigenvalue weighted by molar-refractivity contribution is 7.89. The van der Waals surface area contributed by atoms with Crippen LogP contribution in [0.15, 0.2) is 63.4 Å². The number of hydrogen-bond acceptors (Lipinski definition) is 6. The lowest BCUT2D eigenvalue weighted by Crippen LogP contribution is -2.41. The molecule has 4 aromatic rings. The van der Waals surface area contributed by atoms with Gasteiger partial charge >= 0.3 is 5.69 Å². The number of halogens is 1. The molecule has 0 radical (unpaired) electrons. The molecule has 3 aromatic heterocycles. The summed E-state index contributed by atoms with van der Waals surface area (Å²) in [5.74, 6) is 0. The largest absolute Gasteiger partial charge is 0.332 e. The minimum absolute atomic E-state index is 0.0388. The lowest BCUT2D eigenvalue weighted by molar-refractivity contribution is 0.393. The van der Waals surface area contributed by atoms with Crippen LogP contribution in [0.4, 0.5) is 4.39 Å². The zero-order chi connectivity index (χ0) is 25.7. The average Bonchev–Trinajstić information content (AvgIpc) is 3.49. The Morgan fingerprint density at radius 1 is 1.11 bits per heavy atom. The number of nitrogens with one attached hydrogen (secondary N) is 1. The van der Waals surface area contributed by atoms with Gasteiger partial charge in [0.2, 0.25) is 10.0 Å². The first-order valence-electron chi connectivity index (χ1n) is 11.4. The fraction of sp³-hybridized carbons (Fsp3) is 0.333. The summed E-state index contributed by atoms with van der Waals surface area (Å²) in [6, 6.07) is 7.68. The van der Waals surface area contributed by atoms with Crippen LogP contribution in [-0.2, 0) is 30.2 Å². The minimum atomic E-state index is -4.08. The van der Waals surface area contributed by atoms with Gasteiger partial charge in [-0.15, -0.1) is 0 Å². The first-order valence-corrected chi connectivity index (χ1v) is 12.9. The van der Waals surface area contributed by atoms with E-state index in [1.54, 1.807) is 30.3 Å². The van der Waals surface area contributed by atoms with E-state index in [4.69, 9.17) is 0 Å². The fourth-order valence-corrected chi connectivity index (χ4v) is 5.67. The molecule has 10 nitrogen and oxygen atoms in total. The Hall–Kier alpha value is -3.64. The monoisotopic (exact) mass is 512 g/mol. The number of nitrogens with zero attached hydrogens (tertiary/aromatic N) is 5. The summed E-state index contributed by atoms with van der Waals surface area (Å²) in [5.41, 5.74) is 0.230. The van der Waals surface area contributed by atoms with Crippen molar-refractivity contribution in [2.24, 2.45) is 7.05 Å². The lowest BCUT2D eigenvalue weighted by Gasteiger charge is -2.16. The van der Waals surface area contributed by atoms with Gasteiger partial charge in [-0.25, -0.2) is 22.3 Å². The Kier molecular flexibility index (Phi) is 5.87. The molecule has 1 aromatic carbocycles. The van der Waals surface area contributed by atoms with Crippen LogP contribution in [-0.4, -0.2) is 44.5 Å². The Morgan fingerprint density at radius 3 is 2.53 bits per heavy atom. The van der Waals surface area contributed by atoms with Gasteiger partial charge < -0.3 is 0 Å². The smallest absolute Gasteiger partial charge is 0.287 e. The second-order valence-corrected chi connectivity index (χ2v) is 11.0. The molecule has 0 amide bonds. The predicted octanol–water partition coefficient (Wildman–Crippen LogP) is 1.48. The van der Waals surface area contributed by atoms with Gasteiger partial charge in [0, 0.05) is 25.0 Å². The quantitative estimate of drug-likeness (QED) is 0.382. The van der Waals surface area contributed by atoms with Gasteiger partial charge in [-0.1, -0.05) is 0 Å². The number of benzene rings is 1. The maximum absolute atomic E-state index is 13.5. The van der Waals surface area contributed by atoms with Crippen LogP contribution in [0.1, 0.15) is 29.7 Å². The van der Waals surface area contributed by atoms with E-state index in [2.05, 4.69) is 14.8 Å². The topological polar surface area (TPSA) is 121 Å². The van der Waals surface area contributed by atoms with E-state index >= 15 is 0 Å². The molecule has 1 aliphatic rings. The number of aromatic nitrogens is 5. The molecule has 0 saturated heterocycles. The van der Waals surface area contributed by atoms with Gasteiger partial charge in [0.25, 0.3) is 5.56 Å². The highest BCUT2D eigenvalue weighted by Crippen LogP contribution is 2.37. The van der Waals surface area contributed by atoms with Crippen molar-refractivity contribution in [3.63, 3.8) is 0 Å². The molecule has 0 bridgehead atoms. The van der Waals surface area contributed by atoms with Crippen LogP contribution in [0.5, 0.6) is 0 Å². The van der Waals surface area contributed by atoms with Crippen LogP contribution in [0.2, 0.25) is 0 Å². The Labute approximate surface area is 206 Å². The Morgan fingerprint density at radius 2 is 1.89 bits per heavy atom. The molecule has 1 saturated carbocycles. The van der Waals surface area contributed by atoms with Crippen LogP contribution < -0.4 is 16.0 Å². The first kappa shape index (κ1) is 24.1. The van der Waals surface area contributed by atoms with E-state index in [0.717, 1.165) is 10.1 Å². The summed E-state index contributed by atoms with van der Waals surface area (Å²) < 4.78 is 45.8. The minimum Gasteiger partial charge on any atom is -0.287 e. The molecule has 1 aliphatic carbocycles. The number of hydrogen-bond donors (Lipinski definition) is 1. The second kappa shape index (κ2) is 8.79. The van der Waals surface area contributed by atoms with Crippen LogP contribution in [0.3, 0.4) is 0 Å². The number of sulfonamides is 1. The van der Waals surface area contributed by atoms with Gasteiger partial charge in [0.15, 0.2) is 0 Å². The highest BCUT2D eigenvalue weighted by Gasteiger charge is 2.46. The molecule has 3 heterocycles. The van der Waals surface area contributed by atoms with E-state index in [0.29, 0.717) is 24.1 Å². The zero-order valence-corrected chi connectivity index (χ0v) is 20.6. The SMILES string of the molecule is Cc1ccnc(Cn2c(=O)n(Cc3cnn(C)c3)c(=O)c3cc(S(=O)(=O)NC4(CF)CC4)ccc32)c1. The van der Waals surface area contributed by atoms with Crippen LogP contribution in [0, 0.1) is 6.92 Å². The molecule has 1 fully saturated rings. The zero-order valence-electron chi connectivity index (χ0n) is 19.8. The van der Waals surface area contributed by atoms with Crippen molar-refractivity contribution in [1.29, 1.82) is 0 Å². The normalized spacial score (nSPS) is 14.9. The molecule has 0 unspecified atom stereocenters. The van der Waals surface area contributed by atoms with Crippen LogP contribution in [0.25, 0.3) is 10.9 Å². The van der Waals surface area contributed by atoms with Crippen molar-refractivity contribution in [2.75, 3.05) is 6.67 Å². The molecular formula is C24H25FN6O4S. The van der Waals surface area contributed by atoms with E-state index in [1.165, 1.54) is 22.8 Å². The highest BCUT2D eigenvalue weighted by atomic mass is 32.2. The Balaban J connectivity index is 1.68. The summed E-state index contributed by atoms with van der Waals surface area (Å²) in [6.45, 7) is 1.15. The maximum Gasteiger partial charge on any atom is 0.332 e. The number of alkyl halides is 1. The van der Waals surface area contributed by atoms with E-state index < -0.39 is 33.5 Å². The third kappa shape index (κ3) is 4.49. The standard InChI is InChI=1S/C24H25FN6O4S/c1-16-5-8-26-18(9-16)14-30-21-4-3-19(36(34,35)28-24(15-25)6-7-24)10-20(21)22(32)31(23(30)33)13-17-11-27-29(2)12-17/h3-5,8-12,28H,6-7,13-15H2,1-2H3. The lowest BCUT2D eigenvalue weighted by atomic mass is 10.2. The third-order valence-corrected chi connectivity index (χ3v) is 7.93. The molecule has 0 aliphatic heterocycles. The first-order chi connectivity index (χ1) is 17.1. The van der Waals surface area contributed by atoms with E-state index in [1.807, 2.05) is 19.1 Å². The maximum atomic E-state index is 13.5. The number of pyridine rings is 1. The number of rotatable bonds is 8. The van der Waals surface area contributed by atoms with Gasteiger partial charge in [-0.05, 0) is 55.7 Å². The van der Waals surface area contributed by atoms with E-state index in [9.17, 15) is 22.4 Å². The average molecular weight is 513 g/mol. The number of aryl methyl sites for hydroxylation is 2. The van der Waals surface area contributed by atoms with Crippen molar-refractivity contribution in [1.82, 2.24) is 28.6 Å². The summed E-state index contributed by atoms with van der Waals surface area (Å²) in [7, 11) is -2.36. The summed E-state index contributed by atoms with van der Waals surface area (Å²) in [6.07, 6.45) is 5.71. The van der Waals surface area contributed by atoms with Crippen molar-refractivity contribution in [3.05, 3.63) is 86.6 Å². The van der Waals surface area contributed by atoms with Crippen molar-refractivity contribution in [2.45, 2.75) is 43.3 Å².